The molecule has 0 spiro atoms. The van der Waals surface area contributed by atoms with Gasteiger partial charge in [-0.05, 0) is 35.7 Å². The number of fused-ring (bicyclic) bond motifs is 1. The van der Waals surface area contributed by atoms with Crippen molar-refractivity contribution in [3.8, 4) is 11.6 Å². The second kappa shape index (κ2) is 6.56. The molecule has 0 atom stereocenters. The van der Waals surface area contributed by atoms with E-state index in [0.717, 1.165) is 17.5 Å². The van der Waals surface area contributed by atoms with E-state index >= 15 is 0 Å². The van der Waals surface area contributed by atoms with Gasteiger partial charge in [-0.25, -0.2) is 9.78 Å². The molecular weight excluding hydrogens is 294 g/mol. The number of aromatic hydroxyl groups is 1. The molecule has 2 aromatic rings. The molecule has 0 bridgehead atoms. The Bertz CT molecular complexity index is 718. The molecule has 1 aromatic carbocycles. The first-order chi connectivity index (χ1) is 11.2. The maximum absolute atomic E-state index is 12.4. The highest BCUT2D eigenvalue weighted by Crippen LogP contribution is 2.23. The zero-order chi connectivity index (χ0) is 16.2. The molecule has 0 unspecified atom stereocenters. The number of hydrogen-bond donors (Lipinski definition) is 2. The molecule has 23 heavy (non-hydrogen) atoms. The molecule has 0 fully saturated rings. The number of hydrogen-bond acceptors (Lipinski definition) is 4. The van der Waals surface area contributed by atoms with Crippen LogP contribution in [0, 0.1) is 0 Å². The first kappa shape index (κ1) is 15.1. The minimum atomic E-state index is -0.134. The third kappa shape index (κ3) is 3.36. The molecule has 0 saturated heterocycles. The van der Waals surface area contributed by atoms with Crippen molar-refractivity contribution in [3.05, 3.63) is 53.2 Å². The Balaban J connectivity index is 1.63. The SMILES string of the molecule is COc1ncccc1CNC(=O)N1CCc2ccc(O)cc2C1. The number of methoxy groups -OCH3 is 1. The molecular formula is C17H19N3O3. The van der Waals surface area contributed by atoms with Crippen molar-refractivity contribution in [1.82, 2.24) is 15.2 Å². The predicted octanol–water partition coefficient (Wildman–Crippen LogP) is 2.06. The van der Waals surface area contributed by atoms with Crippen LogP contribution in [0.2, 0.25) is 0 Å². The van der Waals surface area contributed by atoms with Gasteiger partial charge in [0.2, 0.25) is 5.88 Å². The number of aromatic nitrogens is 1. The second-order valence-corrected chi connectivity index (χ2v) is 5.46. The van der Waals surface area contributed by atoms with E-state index in [1.165, 1.54) is 5.56 Å². The molecule has 2 N–H and O–H groups in total. The number of nitrogens with zero attached hydrogens (tertiary/aromatic N) is 2. The summed E-state index contributed by atoms with van der Waals surface area (Å²) in [6.07, 6.45) is 2.44. The summed E-state index contributed by atoms with van der Waals surface area (Å²) < 4.78 is 5.18. The van der Waals surface area contributed by atoms with Crippen molar-refractivity contribution in [1.29, 1.82) is 0 Å². The van der Waals surface area contributed by atoms with Crippen LogP contribution in [0.15, 0.2) is 36.5 Å². The number of amides is 2. The summed E-state index contributed by atoms with van der Waals surface area (Å²) in [6, 6.07) is 8.87. The van der Waals surface area contributed by atoms with Crippen LogP contribution < -0.4 is 10.1 Å². The Morgan fingerprint density at radius 1 is 1.39 bits per heavy atom. The van der Waals surface area contributed by atoms with Gasteiger partial charge in [0, 0.05) is 31.4 Å². The minimum Gasteiger partial charge on any atom is -0.508 e. The maximum atomic E-state index is 12.4. The summed E-state index contributed by atoms with van der Waals surface area (Å²) in [5, 5.41) is 12.5. The number of ether oxygens (including phenoxy) is 1. The average Bonchev–Trinajstić information content (AvgIpc) is 2.59. The standard InChI is InChI=1S/C17H19N3O3/c1-23-16-13(3-2-7-18-16)10-19-17(22)20-8-6-12-4-5-15(21)9-14(12)11-20/h2-5,7,9,21H,6,8,10-11H2,1H3,(H,19,22). The normalized spacial score (nSPS) is 13.3. The zero-order valence-electron chi connectivity index (χ0n) is 13.0. The lowest BCUT2D eigenvalue weighted by molar-refractivity contribution is 0.191. The molecule has 0 saturated carbocycles. The van der Waals surface area contributed by atoms with Crippen LogP contribution in [0.1, 0.15) is 16.7 Å². The number of carbonyl (C=O) groups excluding carboxylic acids is 1. The summed E-state index contributed by atoms with van der Waals surface area (Å²) in [5.41, 5.74) is 3.00. The molecule has 0 radical (unpaired) electrons. The Kier molecular flexibility index (Phi) is 4.32. The van der Waals surface area contributed by atoms with Crippen LogP contribution in [-0.4, -0.2) is 34.7 Å². The van der Waals surface area contributed by atoms with Crippen LogP contribution in [0.5, 0.6) is 11.6 Å². The Morgan fingerprint density at radius 3 is 3.09 bits per heavy atom. The van der Waals surface area contributed by atoms with E-state index in [-0.39, 0.29) is 11.8 Å². The molecule has 6 nitrogen and oxygen atoms in total. The fourth-order valence-corrected chi connectivity index (χ4v) is 2.74. The molecule has 6 heteroatoms. The molecule has 2 heterocycles. The van der Waals surface area contributed by atoms with Gasteiger partial charge in [-0.3, -0.25) is 0 Å². The highest BCUT2D eigenvalue weighted by Gasteiger charge is 2.21. The molecule has 1 aliphatic rings. The van der Waals surface area contributed by atoms with E-state index < -0.39 is 0 Å². The van der Waals surface area contributed by atoms with E-state index in [2.05, 4.69) is 10.3 Å². The highest BCUT2D eigenvalue weighted by molar-refractivity contribution is 5.74. The lowest BCUT2D eigenvalue weighted by Crippen LogP contribution is -2.42. The summed E-state index contributed by atoms with van der Waals surface area (Å²) in [7, 11) is 1.56. The first-order valence-corrected chi connectivity index (χ1v) is 7.49. The van der Waals surface area contributed by atoms with Crippen molar-refractivity contribution >= 4 is 6.03 Å². The van der Waals surface area contributed by atoms with Gasteiger partial charge in [-0.15, -0.1) is 0 Å². The number of pyridine rings is 1. The van der Waals surface area contributed by atoms with Crippen LogP contribution in [-0.2, 0) is 19.5 Å². The van der Waals surface area contributed by atoms with Crippen LogP contribution >= 0.6 is 0 Å². The molecule has 3 rings (SSSR count). The third-order valence-corrected chi connectivity index (χ3v) is 3.96. The van der Waals surface area contributed by atoms with Crippen molar-refractivity contribution in [2.24, 2.45) is 0 Å². The van der Waals surface area contributed by atoms with Gasteiger partial charge >= 0.3 is 6.03 Å². The van der Waals surface area contributed by atoms with Gasteiger partial charge < -0.3 is 20.1 Å². The zero-order valence-corrected chi connectivity index (χ0v) is 13.0. The topological polar surface area (TPSA) is 74.7 Å². The van der Waals surface area contributed by atoms with Crippen LogP contribution in [0.4, 0.5) is 4.79 Å². The van der Waals surface area contributed by atoms with E-state index in [1.54, 1.807) is 30.3 Å². The highest BCUT2D eigenvalue weighted by atomic mass is 16.5. The van der Waals surface area contributed by atoms with Crippen molar-refractivity contribution in [2.45, 2.75) is 19.5 Å². The molecule has 1 aromatic heterocycles. The van der Waals surface area contributed by atoms with E-state index in [1.807, 2.05) is 18.2 Å². The third-order valence-electron chi connectivity index (χ3n) is 3.96. The lowest BCUT2D eigenvalue weighted by atomic mass is 10.00. The number of nitrogens with one attached hydrogen (secondary N) is 1. The first-order valence-electron chi connectivity index (χ1n) is 7.49. The Labute approximate surface area is 134 Å². The molecule has 120 valence electrons. The number of carbonyl (C=O) groups is 1. The lowest BCUT2D eigenvalue weighted by Gasteiger charge is -2.29. The Hall–Kier alpha value is -2.76. The smallest absolute Gasteiger partial charge is 0.317 e. The van der Waals surface area contributed by atoms with E-state index in [4.69, 9.17) is 4.74 Å². The van der Waals surface area contributed by atoms with Gasteiger partial charge in [0.25, 0.3) is 0 Å². The summed E-state index contributed by atoms with van der Waals surface area (Å²) in [6.45, 7) is 1.52. The summed E-state index contributed by atoms with van der Waals surface area (Å²) in [4.78, 5) is 18.2. The van der Waals surface area contributed by atoms with Crippen LogP contribution in [0.25, 0.3) is 0 Å². The van der Waals surface area contributed by atoms with E-state index in [9.17, 15) is 9.90 Å². The van der Waals surface area contributed by atoms with Gasteiger partial charge in [0.15, 0.2) is 0 Å². The van der Waals surface area contributed by atoms with Gasteiger partial charge in [0.1, 0.15) is 5.75 Å². The number of rotatable bonds is 3. The Morgan fingerprint density at radius 2 is 2.26 bits per heavy atom. The van der Waals surface area contributed by atoms with Gasteiger partial charge in [0.05, 0.1) is 7.11 Å². The molecule has 2 amide bonds. The van der Waals surface area contributed by atoms with Crippen LogP contribution in [0.3, 0.4) is 0 Å². The molecule has 0 aliphatic carbocycles. The fraction of sp³-hybridized carbons (Fsp3) is 0.294. The van der Waals surface area contributed by atoms with Crippen molar-refractivity contribution < 1.29 is 14.6 Å². The largest absolute Gasteiger partial charge is 0.508 e. The number of phenolic OH excluding ortho intramolecular Hbond substituents is 1. The van der Waals surface area contributed by atoms with Gasteiger partial charge in [-0.2, -0.15) is 0 Å². The number of phenols is 1. The minimum absolute atomic E-state index is 0.134. The summed E-state index contributed by atoms with van der Waals surface area (Å²) >= 11 is 0. The fourth-order valence-electron chi connectivity index (χ4n) is 2.74. The predicted molar refractivity (Wildman–Crippen MR) is 85.2 cm³/mol. The van der Waals surface area contributed by atoms with E-state index in [0.29, 0.717) is 25.5 Å². The maximum Gasteiger partial charge on any atom is 0.317 e. The van der Waals surface area contributed by atoms with Gasteiger partial charge in [-0.1, -0.05) is 12.1 Å². The molecule has 1 aliphatic heterocycles. The van der Waals surface area contributed by atoms with Crippen molar-refractivity contribution in [3.63, 3.8) is 0 Å². The average molecular weight is 313 g/mol. The second-order valence-electron chi connectivity index (χ2n) is 5.46. The quantitative estimate of drug-likeness (QED) is 0.909. The van der Waals surface area contributed by atoms with Crippen molar-refractivity contribution in [2.75, 3.05) is 13.7 Å². The summed E-state index contributed by atoms with van der Waals surface area (Å²) in [5.74, 6) is 0.743. The number of urea groups is 1. The number of benzene rings is 1. The monoisotopic (exact) mass is 313 g/mol.